The number of rotatable bonds is 5. The molecule has 1 aliphatic rings. The quantitative estimate of drug-likeness (QED) is 0.419. The number of hydrogen-bond donors (Lipinski definition) is 4. The Labute approximate surface area is 173 Å². The fourth-order valence-corrected chi connectivity index (χ4v) is 3.44. The summed E-state index contributed by atoms with van der Waals surface area (Å²) in [7, 11) is 0. The van der Waals surface area contributed by atoms with Gasteiger partial charge in [-0.15, -0.1) is 6.42 Å². The molecule has 0 spiro atoms. The molecule has 0 radical (unpaired) electrons. The zero-order chi connectivity index (χ0) is 22.3. The molecule has 156 valence electrons. The van der Waals surface area contributed by atoms with Crippen LogP contribution in [0.2, 0.25) is 0 Å². The average Bonchev–Trinajstić information content (AvgIpc) is 2.96. The van der Waals surface area contributed by atoms with Crippen molar-refractivity contribution in [3.05, 3.63) is 70.8 Å². The van der Waals surface area contributed by atoms with Crippen LogP contribution in [0.5, 0.6) is 0 Å². The predicted molar refractivity (Wildman–Crippen MR) is 107 cm³/mol. The molecule has 0 aromatic heterocycles. The number of ketones is 2. The van der Waals surface area contributed by atoms with E-state index in [1.54, 1.807) is 37.1 Å². The normalized spacial score (nSPS) is 29.2. The number of benzene rings is 2. The van der Waals surface area contributed by atoms with Gasteiger partial charge in [-0.25, -0.2) is 0 Å². The first-order valence-corrected chi connectivity index (χ1v) is 9.23. The number of hydrogen-bond acceptors (Lipinski definition) is 7. The summed E-state index contributed by atoms with van der Waals surface area (Å²) in [5.74, 6) is -2.93. The van der Waals surface area contributed by atoms with Gasteiger partial charge in [0.15, 0.2) is 23.3 Å². The molecular formula is C23H22O7. The van der Waals surface area contributed by atoms with Gasteiger partial charge < -0.3 is 25.2 Å². The summed E-state index contributed by atoms with van der Waals surface area (Å²) in [5.41, 5.74) is -1.09. The minimum atomic E-state index is -2.88. The van der Waals surface area contributed by atoms with E-state index in [2.05, 4.69) is 0 Å². The van der Waals surface area contributed by atoms with Crippen molar-refractivity contribution >= 4 is 11.6 Å². The van der Waals surface area contributed by atoms with E-state index in [-0.39, 0.29) is 11.1 Å². The van der Waals surface area contributed by atoms with Gasteiger partial charge in [0, 0.05) is 11.1 Å². The molecular weight excluding hydrogens is 388 g/mol. The molecule has 1 unspecified atom stereocenters. The molecule has 1 heterocycles. The fourth-order valence-electron chi connectivity index (χ4n) is 3.44. The zero-order valence-electron chi connectivity index (χ0n) is 16.4. The van der Waals surface area contributed by atoms with Crippen LogP contribution in [-0.2, 0) is 4.74 Å². The maximum absolute atomic E-state index is 13.1. The van der Waals surface area contributed by atoms with E-state index in [4.69, 9.17) is 11.2 Å². The van der Waals surface area contributed by atoms with Crippen molar-refractivity contribution < 1.29 is 34.8 Å². The van der Waals surface area contributed by atoms with Crippen LogP contribution in [0.15, 0.2) is 48.5 Å². The van der Waals surface area contributed by atoms with E-state index in [0.717, 1.165) is 11.1 Å². The van der Waals surface area contributed by atoms with Crippen molar-refractivity contribution in [1.29, 1.82) is 0 Å². The highest BCUT2D eigenvalue weighted by Gasteiger charge is 2.68. The van der Waals surface area contributed by atoms with Crippen LogP contribution in [0.1, 0.15) is 31.8 Å². The van der Waals surface area contributed by atoms with Gasteiger partial charge in [-0.1, -0.05) is 59.7 Å². The van der Waals surface area contributed by atoms with Crippen molar-refractivity contribution in [2.75, 3.05) is 0 Å². The molecule has 2 aromatic rings. The molecule has 1 saturated heterocycles. The van der Waals surface area contributed by atoms with Gasteiger partial charge in [-0.05, 0) is 19.8 Å². The van der Waals surface area contributed by atoms with Crippen molar-refractivity contribution in [3.63, 3.8) is 0 Å². The zero-order valence-corrected chi connectivity index (χ0v) is 16.4. The summed E-state index contributed by atoms with van der Waals surface area (Å²) in [5, 5.41) is 42.8. The Morgan fingerprint density at radius 1 is 1.00 bits per heavy atom. The summed E-state index contributed by atoms with van der Waals surface area (Å²) in [6.45, 7) is 3.60. The minimum Gasteiger partial charge on any atom is -0.383 e. The van der Waals surface area contributed by atoms with Crippen LogP contribution >= 0.6 is 0 Å². The van der Waals surface area contributed by atoms with E-state index in [0.29, 0.717) is 0 Å². The summed E-state index contributed by atoms with van der Waals surface area (Å²) in [6.07, 6.45) is -1.19. The maximum Gasteiger partial charge on any atom is 0.261 e. The molecule has 4 N–H and O–H groups in total. The van der Waals surface area contributed by atoms with E-state index in [9.17, 15) is 30.0 Å². The number of ether oxygens (including phenoxy) is 1. The third-order valence-electron chi connectivity index (χ3n) is 5.30. The number of aryl methyl sites for hydroxylation is 2. The standard InChI is InChI=1S/C23H22O7/c1-4-22(28)21(27)23(29,19(26)16-11-7-14(3)8-12-16)20(30-22)18(25)17(24)15-9-5-13(2)6-10-15/h1,5-12,18,20-21,25,27-29H,2-3H3/t18?,20-,21+,22+,23-/m1/s1. The van der Waals surface area contributed by atoms with Gasteiger partial charge in [0.1, 0.15) is 12.2 Å². The van der Waals surface area contributed by atoms with E-state index < -0.39 is 41.3 Å². The van der Waals surface area contributed by atoms with Gasteiger partial charge >= 0.3 is 0 Å². The van der Waals surface area contributed by atoms with Crippen molar-refractivity contribution in [2.45, 2.75) is 43.5 Å². The van der Waals surface area contributed by atoms with Crippen LogP contribution in [0.25, 0.3) is 0 Å². The lowest BCUT2D eigenvalue weighted by Gasteiger charge is -2.31. The number of aliphatic hydroxyl groups excluding tert-OH is 2. The fraction of sp³-hybridized carbons (Fsp3) is 0.304. The molecule has 1 aliphatic heterocycles. The highest BCUT2D eigenvalue weighted by atomic mass is 16.7. The Morgan fingerprint density at radius 3 is 1.93 bits per heavy atom. The number of aliphatic hydroxyl groups is 4. The Bertz CT molecular complexity index is 1010. The van der Waals surface area contributed by atoms with Crippen molar-refractivity contribution in [1.82, 2.24) is 0 Å². The molecule has 0 bridgehead atoms. The summed E-state index contributed by atoms with van der Waals surface area (Å²) < 4.78 is 5.15. The lowest BCUT2D eigenvalue weighted by atomic mass is 9.79. The average molecular weight is 410 g/mol. The Balaban J connectivity index is 2.04. The highest BCUT2D eigenvalue weighted by molar-refractivity contribution is 6.06. The Morgan fingerprint density at radius 2 is 1.47 bits per heavy atom. The SMILES string of the molecule is C#C[C@]1(O)O[C@H](C(O)C(=O)c2ccc(C)cc2)[C@](O)(C(=O)c2ccc(C)cc2)[C@H]1O. The Hall–Kier alpha value is -2.86. The van der Waals surface area contributed by atoms with Gasteiger partial charge in [0.05, 0.1) is 0 Å². The highest BCUT2D eigenvalue weighted by Crippen LogP contribution is 2.41. The summed E-state index contributed by atoms with van der Waals surface area (Å²) >= 11 is 0. The molecule has 0 amide bonds. The van der Waals surface area contributed by atoms with Crippen LogP contribution in [0.4, 0.5) is 0 Å². The Kier molecular flexibility index (Phi) is 5.65. The van der Waals surface area contributed by atoms with Gasteiger partial charge in [-0.3, -0.25) is 9.59 Å². The van der Waals surface area contributed by atoms with Crippen LogP contribution < -0.4 is 0 Å². The topological polar surface area (TPSA) is 124 Å². The van der Waals surface area contributed by atoms with Crippen molar-refractivity contribution in [3.8, 4) is 12.3 Å². The number of Topliss-reactive ketones (excluding diaryl/α,β-unsaturated/α-hetero) is 2. The third-order valence-corrected chi connectivity index (χ3v) is 5.30. The first-order chi connectivity index (χ1) is 14.0. The summed E-state index contributed by atoms with van der Waals surface area (Å²) in [6, 6.07) is 12.2. The summed E-state index contributed by atoms with van der Waals surface area (Å²) in [4.78, 5) is 25.9. The first kappa shape index (κ1) is 21.8. The second-order valence-electron chi connectivity index (χ2n) is 7.48. The maximum atomic E-state index is 13.1. The van der Waals surface area contributed by atoms with Gasteiger partial charge in [0.25, 0.3) is 5.79 Å². The largest absolute Gasteiger partial charge is 0.383 e. The molecule has 5 atom stereocenters. The van der Waals surface area contributed by atoms with Crippen LogP contribution in [0.3, 0.4) is 0 Å². The predicted octanol–water partition coefficient (Wildman–Crippen LogP) is 0.543. The molecule has 3 rings (SSSR count). The lowest BCUT2D eigenvalue weighted by molar-refractivity contribution is -0.193. The van der Waals surface area contributed by atoms with Gasteiger partial charge in [-0.2, -0.15) is 0 Å². The molecule has 30 heavy (non-hydrogen) atoms. The molecule has 7 heteroatoms. The molecule has 1 fully saturated rings. The molecule has 0 aliphatic carbocycles. The second kappa shape index (κ2) is 7.76. The van der Waals surface area contributed by atoms with Crippen molar-refractivity contribution in [2.24, 2.45) is 0 Å². The number of carbonyl (C=O) groups is 2. The number of terminal acetylenes is 1. The number of carbonyl (C=O) groups excluding carboxylic acids is 2. The van der Waals surface area contributed by atoms with Crippen LogP contribution in [0, 0.1) is 26.2 Å². The lowest BCUT2D eigenvalue weighted by Crippen LogP contribution is -2.60. The monoisotopic (exact) mass is 410 g/mol. The van der Waals surface area contributed by atoms with Gasteiger partial charge in [0.2, 0.25) is 0 Å². The molecule has 0 saturated carbocycles. The van der Waals surface area contributed by atoms with Crippen LogP contribution in [-0.4, -0.2) is 61.7 Å². The smallest absolute Gasteiger partial charge is 0.261 e. The third kappa shape index (κ3) is 3.45. The first-order valence-electron chi connectivity index (χ1n) is 9.23. The van der Waals surface area contributed by atoms with E-state index in [1.807, 2.05) is 6.92 Å². The molecule has 2 aromatic carbocycles. The second-order valence-corrected chi connectivity index (χ2v) is 7.48. The molecule has 7 nitrogen and oxygen atoms in total. The van der Waals surface area contributed by atoms with E-state index in [1.165, 1.54) is 24.3 Å². The van der Waals surface area contributed by atoms with E-state index >= 15 is 0 Å². The minimum absolute atomic E-state index is 0.0213.